The van der Waals surface area contributed by atoms with Gasteiger partial charge < -0.3 is 9.84 Å². The van der Waals surface area contributed by atoms with E-state index in [0.29, 0.717) is 22.7 Å². The van der Waals surface area contributed by atoms with Crippen LogP contribution in [-0.2, 0) is 0 Å². The number of nitrogens with zero attached hydrogens (tertiary/aromatic N) is 3. The number of phenols is 1. The number of phenolic OH excluding ortho intramolecular Hbond substituents is 1. The molecule has 0 saturated carbocycles. The largest absolute Gasteiger partial charge is 0.508 e. The van der Waals surface area contributed by atoms with Gasteiger partial charge in [0.1, 0.15) is 17.2 Å². The van der Waals surface area contributed by atoms with Crippen molar-refractivity contribution in [1.82, 2.24) is 15.0 Å². The Bertz CT molecular complexity index is 1100. The number of hydrogen-bond donors (Lipinski definition) is 1. The van der Waals surface area contributed by atoms with Crippen LogP contribution >= 0.6 is 0 Å². The molecule has 0 saturated heterocycles. The van der Waals surface area contributed by atoms with E-state index in [9.17, 15) is 5.11 Å². The number of pyridine rings is 3. The van der Waals surface area contributed by atoms with E-state index in [1.807, 2.05) is 38.1 Å². The summed E-state index contributed by atoms with van der Waals surface area (Å²) in [6.45, 7) is 3.97. The van der Waals surface area contributed by atoms with Crippen LogP contribution in [0.1, 0.15) is 11.3 Å². The first-order valence-electron chi connectivity index (χ1n) is 8.27. The maximum absolute atomic E-state index is 9.67. The van der Waals surface area contributed by atoms with Crippen molar-refractivity contribution in [3.8, 4) is 28.6 Å². The molecule has 3 aromatic heterocycles. The minimum absolute atomic E-state index is 0.171. The zero-order chi connectivity index (χ0) is 18.1. The first kappa shape index (κ1) is 16.0. The van der Waals surface area contributed by atoms with E-state index < -0.39 is 0 Å². The Hall–Kier alpha value is -3.47. The first-order valence-corrected chi connectivity index (χ1v) is 8.27. The monoisotopic (exact) mass is 343 g/mol. The van der Waals surface area contributed by atoms with E-state index in [0.717, 1.165) is 22.3 Å². The Labute approximate surface area is 151 Å². The number of aromatic nitrogens is 3. The van der Waals surface area contributed by atoms with Crippen LogP contribution in [0.25, 0.3) is 22.3 Å². The van der Waals surface area contributed by atoms with E-state index in [2.05, 4.69) is 9.97 Å². The topological polar surface area (TPSA) is 68.1 Å². The van der Waals surface area contributed by atoms with E-state index in [-0.39, 0.29) is 5.75 Å². The van der Waals surface area contributed by atoms with Gasteiger partial charge in [0.05, 0.1) is 11.2 Å². The fourth-order valence-electron chi connectivity index (χ4n) is 2.76. The van der Waals surface area contributed by atoms with Crippen LogP contribution in [0.5, 0.6) is 17.2 Å². The molecule has 4 rings (SSSR count). The van der Waals surface area contributed by atoms with Gasteiger partial charge >= 0.3 is 0 Å². The smallest absolute Gasteiger partial charge is 0.155 e. The molecule has 5 heteroatoms. The van der Waals surface area contributed by atoms with Crippen molar-refractivity contribution in [1.29, 1.82) is 0 Å². The van der Waals surface area contributed by atoms with Gasteiger partial charge in [-0.3, -0.25) is 9.97 Å². The van der Waals surface area contributed by atoms with Gasteiger partial charge in [-0.1, -0.05) is 6.07 Å². The number of rotatable bonds is 3. The molecule has 4 aromatic rings. The van der Waals surface area contributed by atoms with Gasteiger partial charge in [-0.05, 0) is 55.8 Å². The summed E-state index contributed by atoms with van der Waals surface area (Å²) in [5.41, 5.74) is 4.08. The molecule has 0 aliphatic rings. The molecule has 0 radical (unpaired) electrons. The normalized spacial score (nSPS) is 10.8. The lowest BCUT2D eigenvalue weighted by atomic mass is 10.1. The number of ether oxygens (including phenoxy) is 1. The van der Waals surface area contributed by atoms with Crippen molar-refractivity contribution in [3.63, 3.8) is 0 Å². The lowest BCUT2D eigenvalue weighted by Gasteiger charge is -2.14. The Morgan fingerprint density at radius 3 is 2.58 bits per heavy atom. The van der Waals surface area contributed by atoms with Gasteiger partial charge in [0, 0.05) is 29.5 Å². The van der Waals surface area contributed by atoms with Crippen molar-refractivity contribution >= 4 is 10.9 Å². The molecule has 1 aromatic carbocycles. The minimum Gasteiger partial charge on any atom is -0.508 e. The molecule has 0 atom stereocenters. The molecule has 0 spiro atoms. The molecular weight excluding hydrogens is 326 g/mol. The molecule has 0 fully saturated rings. The number of aromatic hydroxyl groups is 1. The lowest BCUT2D eigenvalue weighted by molar-refractivity contribution is 0.475. The van der Waals surface area contributed by atoms with Gasteiger partial charge in [-0.15, -0.1) is 0 Å². The van der Waals surface area contributed by atoms with Crippen LogP contribution in [0, 0.1) is 13.8 Å². The average Bonchev–Trinajstić information content (AvgIpc) is 2.65. The molecule has 1 N–H and O–H groups in total. The molecule has 3 heterocycles. The zero-order valence-electron chi connectivity index (χ0n) is 14.5. The Balaban J connectivity index is 1.86. The number of fused-ring (bicyclic) bond motifs is 1. The third-order valence-corrected chi connectivity index (χ3v) is 4.24. The van der Waals surface area contributed by atoms with E-state index in [4.69, 9.17) is 9.72 Å². The average molecular weight is 343 g/mol. The van der Waals surface area contributed by atoms with Crippen molar-refractivity contribution in [2.75, 3.05) is 0 Å². The van der Waals surface area contributed by atoms with E-state index in [1.54, 1.807) is 36.7 Å². The molecule has 0 unspecified atom stereocenters. The van der Waals surface area contributed by atoms with Gasteiger partial charge in [0.25, 0.3) is 0 Å². The maximum atomic E-state index is 9.67. The summed E-state index contributed by atoms with van der Waals surface area (Å²) in [6.07, 6.45) is 3.40. The molecule has 0 amide bonds. The standard InChI is InChI=1S/C21H17N3O2/c1-13-11-20(21(24-14(13)2)17-5-3-4-9-22-17)26-19-8-10-23-18-12-15(25)6-7-16(18)19/h3-12,25H,1-2H3. The highest BCUT2D eigenvalue weighted by molar-refractivity contribution is 5.86. The SMILES string of the molecule is Cc1cc(Oc2ccnc3cc(O)ccc23)c(-c2ccccn2)nc1C. The van der Waals surface area contributed by atoms with Crippen molar-refractivity contribution < 1.29 is 9.84 Å². The summed E-state index contributed by atoms with van der Waals surface area (Å²) in [5, 5.41) is 10.5. The van der Waals surface area contributed by atoms with Gasteiger partial charge in [-0.25, -0.2) is 4.98 Å². The zero-order valence-corrected chi connectivity index (χ0v) is 14.5. The van der Waals surface area contributed by atoms with Gasteiger partial charge in [0.2, 0.25) is 0 Å². The van der Waals surface area contributed by atoms with Crippen LogP contribution in [0.4, 0.5) is 0 Å². The molecule has 0 aliphatic carbocycles. The summed E-state index contributed by atoms with van der Waals surface area (Å²) < 4.78 is 6.23. The van der Waals surface area contributed by atoms with Gasteiger partial charge in [0.15, 0.2) is 5.75 Å². The van der Waals surface area contributed by atoms with Gasteiger partial charge in [-0.2, -0.15) is 0 Å². The molecule has 0 aliphatic heterocycles. The fraction of sp³-hybridized carbons (Fsp3) is 0.0952. The molecule has 128 valence electrons. The summed E-state index contributed by atoms with van der Waals surface area (Å²) in [7, 11) is 0. The van der Waals surface area contributed by atoms with Crippen molar-refractivity contribution in [2.24, 2.45) is 0 Å². The van der Waals surface area contributed by atoms with E-state index >= 15 is 0 Å². The van der Waals surface area contributed by atoms with Crippen LogP contribution in [0.15, 0.2) is 60.9 Å². The Morgan fingerprint density at radius 2 is 1.77 bits per heavy atom. The maximum Gasteiger partial charge on any atom is 0.155 e. The summed E-state index contributed by atoms with van der Waals surface area (Å²) in [4.78, 5) is 13.4. The lowest BCUT2D eigenvalue weighted by Crippen LogP contribution is -1.98. The highest BCUT2D eigenvalue weighted by Gasteiger charge is 2.14. The molecular formula is C21H17N3O2. The Morgan fingerprint density at radius 1 is 0.885 bits per heavy atom. The van der Waals surface area contributed by atoms with Crippen LogP contribution in [0.2, 0.25) is 0 Å². The van der Waals surface area contributed by atoms with Crippen LogP contribution in [0.3, 0.4) is 0 Å². The third-order valence-electron chi connectivity index (χ3n) is 4.24. The van der Waals surface area contributed by atoms with Crippen LogP contribution < -0.4 is 4.74 Å². The van der Waals surface area contributed by atoms with E-state index in [1.165, 1.54) is 0 Å². The molecule has 5 nitrogen and oxygen atoms in total. The second kappa shape index (κ2) is 6.44. The Kier molecular flexibility index (Phi) is 3.97. The predicted octanol–water partition coefficient (Wildman–Crippen LogP) is 4.81. The first-order chi connectivity index (χ1) is 12.6. The number of hydrogen-bond acceptors (Lipinski definition) is 5. The highest BCUT2D eigenvalue weighted by atomic mass is 16.5. The van der Waals surface area contributed by atoms with Crippen molar-refractivity contribution in [2.45, 2.75) is 13.8 Å². The third kappa shape index (κ3) is 2.95. The van der Waals surface area contributed by atoms with Crippen molar-refractivity contribution in [3.05, 3.63) is 72.2 Å². The second-order valence-corrected chi connectivity index (χ2v) is 6.07. The number of benzene rings is 1. The van der Waals surface area contributed by atoms with Crippen LogP contribution in [-0.4, -0.2) is 20.1 Å². The molecule has 0 bridgehead atoms. The number of aryl methyl sites for hydroxylation is 2. The summed E-state index contributed by atoms with van der Waals surface area (Å²) in [5.74, 6) is 1.45. The second-order valence-electron chi connectivity index (χ2n) is 6.07. The predicted molar refractivity (Wildman–Crippen MR) is 100 cm³/mol. The molecule has 26 heavy (non-hydrogen) atoms. The highest BCUT2D eigenvalue weighted by Crippen LogP contribution is 2.35. The summed E-state index contributed by atoms with van der Waals surface area (Å²) in [6, 6.07) is 14.5. The summed E-state index contributed by atoms with van der Waals surface area (Å²) >= 11 is 0. The fourth-order valence-corrected chi connectivity index (χ4v) is 2.76. The quantitative estimate of drug-likeness (QED) is 0.578. The minimum atomic E-state index is 0.171.